The average molecular weight is 247 g/mol. The summed E-state index contributed by atoms with van der Waals surface area (Å²) < 4.78 is 0. The Morgan fingerprint density at radius 3 is 2.58 bits per heavy atom. The minimum Gasteiger partial charge on any atom is -0.149 e. The van der Waals surface area contributed by atoms with Gasteiger partial charge in [0.1, 0.15) is 0 Å². The molecule has 1 aromatic rings. The van der Waals surface area contributed by atoms with Crippen molar-refractivity contribution in [2.45, 2.75) is 32.0 Å². The van der Waals surface area contributed by atoms with Crippen LogP contribution in [0, 0.1) is 5.41 Å². The lowest BCUT2D eigenvalue weighted by Crippen LogP contribution is -2.21. The van der Waals surface area contributed by atoms with Crippen molar-refractivity contribution in [2.24, 2.45) is 5.41 Å². The zero-order valence-electron chi connectivity index (χ0n) is 7.80. The predicted molar refractivity (Wildman–Crippen MR) is 60.2 cm³/mol. The van der Waals surface area contributed by atoms with Crippen LogP contribution in [0.5, 0.6) is 0 Å². The monoisotopic (exact) mass is 246 g/mol. The molecule has 1 heterocycles. The third-order valence-corrected chi connectivity index (χ3v) is 4.50. The summed E-state index contributed by atoms with van der Waals surface area (Å²) >= 11 is 5.56. The van der Waals surface area contributed by atoms with Gasteiger partial charge in [0, 0.05) is 9.70 Å². The molecule has 0 aliphatic heterocycles. The first-order chi connectivity index (χ1) is 5.50. The highest BCUT2D eigenvalue weighted by Crippen LogP contribution is 2.29. The average Bonchev–Trinajstić information content (AvgIpc) is 2.37. The smallest absolute Gasteiger partial charge is 0.0242 e. The van der Waals surface area contributed by atoms with Crippen molar-refractivity contribution in [3.05, 3.63) is 22.4 Å². The quantitative estimate of drug-likeness (QED) is 0.690. The lowest BCUT2D eigenvalue weighted by atomic mass is 9.90. The van der Waals surface area contributed by atoms with Crippen LogP contribution in [-0.2, 0) is 6.42 Å². The summed E-state index contributed by atoms with van der Waals surface area (Å²) in [6, 6.07) is 4.31. The zero-order valence-corrected chi connectivity index (χ0v) is 10.2. The second-order valence-electron chi connectivity index (χ2n) is 4.12. The van der Waals surface area contributed by atoms with E-state index in [4.69, 9.17) is 0 Å². The fourth-order valence-electron chi connectivity index (χ4n) is 0.912. The lowest BCUT2D eigenvalue weighted by Gasteiger charge is -2.24. The van der Waals surface area contributed by atoms with Crippen molar-refractivity contribution in [2.75, 3.05) is 0 Å². The minimum atomic E-state index is 0.351. The van der Waals surface area contributed by atoms with E-state index in [9.17, 15) is 0 Å². The molecule has 0 bridgehead atoms. The van der Waals surface area contributed by atoms with Crippen LogP contribution < -0.4 is 0 Å². The summed E-state index contributed by atoms with van der Waals surface area (Å²) in [5.41, 5.74) is 0.351. The van der Waals surface area contributed by atoms with Crippen molar-refractivity contribution in [3.8, 4) is 0 Å². The van der Waals surface area contributed by atoms with E-state index < -0.39 is 0 Å². The molecule has 0 aromatic carbocycles. The van der Waals surface area contributed by atoms with E-state index >= 15 is 0 Å². The lowest BCUT2D eigenvalue weighted by molar-refractivity contribution is 0.399. The van der Waals surface area contributed by atoms with Crippen LogP contribution >= 0.6 is 27.3 Å². The maximum atomic E-state index is 3.73. The number of halogens is 1. The van der Waals surface area contributed by atoms with E-state index in [0.717, 1.165) is 6.42 Å². The molecule has 68 valence electrons. The van der Waals surface area contributed by atoms with Gasteiger partial charge in [0.15, 0.2) is 0 Å². The Morgan fingerprint density at radius 2 is 2.17 bits per heavy atom. The number of thiophene rings is 1. The molecule has 1 unspecified atom stereocenters. The molecule has 0 nitrogen and oxygen atoms in total. The Bertz CT molecular complexity index is 220. The summed E-state index contributed by atoms with van der Waals surface area (Å²) in [5, 5.41) is 2.14. The van der Waals surface area contributed by atoms with E-state index in [2.05, 4.69) is 54.2 Å². The van der Waals surface area contributed by atoms with Crippen LogP contribution in [0.1, 0.15) is 25.6 Å². The first-order valence-corrected chi connectivity index (χ1v) is 5.96. The molecule has 0 N–H and O–H groups in total. The van der Waals surface area contributed by atoms with Crippen LogP contribution in [0.25, 0.3) is 0 Å². The highest BCUT2D eigenvalue weighted by molar-refractivity contribution is 9.09. The normalized spacial score (nSPS) is 14.7. The molecular weight excluding hydrogens is 232 g/mol. The number of alkyl halides is 1. The molecule has 1 rings (SSSR count). The maximum Gasteiger partial charge on any atom is 0.0242 e. The fraction of sp³-hybridized carbons (Fsp3) is 0.600. The summed E-state index contributed by atoms with van der Waals surface area (Å²) in [5.74, 6) is 0. The SMILES string of the molecule is CC(C)(C)C(Br)Cc1cccs1. The Balaban J connectivity index is 2.53. The third-order valence-electron chi connectivity index (χ3n) is 1.90. The van der Waals surface area contributed by atoms with Crippen molar-refractivity contribution in [1.82, 2.24) is 0 Å². The molecule has 0 aliphatic carbocycles. The fourth-order valence-corrected chi connectivity index (χ4v) is 2.23. The summed E-state index contributed by atoms with van der Waals surface area (Å²) in [6.07, 6.45) is 1.14. The van der Waals surface area contributed by atoms with Crippen molar-refractivity contribution in [3.63, 3.8) is 0 Å². The standard InChI is InChI=1S/C10H15BrS/c1-10(2,3)9(11)7-8-5-4-6-12-8/h4-6,9H,7H2,1-3H3. The number of hydrogen-bond donors (Lipinski definition) is 0. The Labute approximate surface area is 87.1 Å². The summed E-state index contributed by atoms with van der Waals surface area (Å²) in [4.78, 5) is 2.04. The maximum absolute atomic E-state index is 3.73. The molecule has 0 spiro atoms. The minimum absolute atomic E-state index is 0.351. The third kappa shape index (κ3) is 2.91. The second kappa shape index (κ2) is 3.93. The van der Waals surface area contributed by atoms with E-state index in [1.807, 2.05) is 11.3 Å². The van der Waals surface area contributed by atoms with Gasteiger partial charge >= 0.3 is 0 Å². The van der Waals surface area contributed by atoms with Gasteiger partial charge in [0.25, 0.3) is 0 Å². The van der Waals surface area contributed by atoms with Gasteiger partial charge in [-0.1, -0.05) is 42.8 Å². The second-order valence-corrected chi connectivity index (χ2v) is 6.25. The van der Waals surface area contributed by atoms with Crippen LogP contribution in [-0.4, -0.2) is 4.83 Å². The summed E-state index contributed by atoms with van der Waals surface area (Å²) in [7, 11) is 0. The molecular formula is C10H15BrS. The molecule has 0 fully saturated rings. The molecule has 0 radical (unpaired) electrons. The molecule has 0 amide bonds. The van der Waals surface area contributed by atoms with E-state index in [1.165, 1.54) is 4.88 Å². The first kappa shape index (κ1) is 10.3. The van der Waals surface area contributed by atoms with E-state index in [0.29, 0.717) is 10.2 Å². The predicted octanol–water partition coefficient (Wildman–Crippen LogP) is 4.10. The molecule has 0 aliphatic rings. The van der Waals surface area contributed by atoms with E-state index in [1.54, 1.807) is 0 Å². The van der Waals surface area contributed by atoms with Gasteiger partial charge in [0.05, 0.1) is 0 Å². The Morgan fingerprint density at radius 1 is 1.50 bits per heavy atom. The topological polar surface area (TPSA) is 0 Å². The number of rotatable bonds is 2. The van der Waals surface area contributed by atoms with Crippen molar-refractivity contribution in [1.29, 1.82) is 0 Å². The number of hydrogen-bond acceptors (Lipinski definition) is 1. The van der Waals surface area contributed by atoms with Gasteiger partial charge in [0.2, 0.25) is 0 Å². The Hall–Kier alpha value is 0.180. The van der Waals surface area contributed by atoms with Gasteiger partial charge in [-0.3, -0.25) is 0 Å². The van der Waals surface area contributed by atoms with Gasteiger partial charge in [-0.2, -0.15) is 0 Å². The van der Waals surface area contributed by atoms with Gasteiger partial charge < -0.3 is 0 Å². The highest BCUT2D eigenvalue weighted by atomic mass is 79.9. The van der Waals surface area contributed by atoms with Crippen LogP contribution in [0.3, 0.4) is 0 Å². The first-order valence-electron chi connectivity index (χ1n) is 4.16. The van der Waals surface area contributed by atoms with E-state index in [-0.39, 0.29) is 0 Å². The van der Waals surface area contributed by atoms with Crippen LogP contribution in [0.4, 0.5) is 0 Å². The van der Waals surface area contributed by atoms with Gasteiger partial charge in [-0.25, -0.2) is 0 Å². The van der Waals surface area contributed by atoms with Gasteiger partial charge in [-0.15, -0.1) is 11.3 Å². The Kier molecular flexibility index (Phi) is 3.36. The summed E-state index contributed by atoms with van der Waals surface area (Å²) in [6.45, 7) is 6.79. The zero-order chi connectivity index (χ0) is 9.19. The van der Waals surface area contributed by atoms with Crippen molar-refractivity contribution >= 4 is 27.3 Å². The molecule has 1 aromatic heterocycles. The molecule has 0 saturated heterocycles. The molecule has 0 saturated carbocycles. The molecule has 1 atom stereocenters. The van der Waals surface area contributed by atoms with Crippen LogP contribution in [0.15, 0.2) is 17.5 Å². The van der Waals surface area contributed by atoms with Crippen LogP contribution in [0.2, 0.25) is 0 Å². The molecule has 2 heteroatoms. The van der Waals surface area contributed by atoms with Gasteiger partial charge in [-0.05, 0) is 23.3 Å². The highest BCUT2D eigenvalue weighted by Gasteiger charge is 2.21. The largest absolute Gasteiger partial charge is 0.149 e. The van der Waals surface area contributed by atoms with Crippen molar-refractivity contribution < 1.29 is 0 Å². The molecule has 12 heavy (non-hydrogen) atoms.